The standard InChI is InChI=1S/C14H28N2O/c17-11-4-3-9-15-13-7-2-1-6-12(13)14-8-5-10-16-14/h12-17H,1-11H2. The third-order valence-electron chi connectivity index (χ3n) is 4.43. The van der Waals surface area contributed by atoms with Crippen molar-refractivity contribution in [2.24, 2.45) is 5.92 Å². The van der Waals surface area contributed by atoms with Crippen LogP contribution in [0.5, 0.6) is 0 Å². The molecular formula is C14H28N2O. The van der Waals surface area contributed by atoms with Crippen molar-refractivity contribution in [2.75, 3.05) is 19.7 Å². The lowest BCUT2D eigenvalue weighted by Crippen LogP contribution is -2.47. The summed E-state index contributed by atoms with van der Waals surface area (Å²) in [5, 5.41) is 16.2. The Hall–Kier alpha value is -0.120. The van der Waals surface area contributed by atoms with Crippen molar-refractivity contribution in [2.45, 2.75) is 63.5 Å². The molecule has 2 fully saturated rings. The molecule has 1 saturated heterocycles. The second-order valence-electron chi connectivity index (χ2n) is 5.64. The maximum absolute atomic E-state index is 8.79. The minimum Gasteiger partial charge on any atom is -0.396 e. The lowest BCUT2D eigenvalue weighted by Gasteiger charge is -2.36. The van der Waals surface area contributed by atoms with Crippen molar-refractivity contribution in [3.8, 4) is 0 Å². The van der Waals surface area contributed by atoms with Crippen molar-refractivity contribution in [1.29, 1.82) is 0 Å². The van der Waals surface area contributed by atoms with E-state index >= 15 is 0 Å². The van der Waals surface area contributed by atoms with Crippen molar-refractivity contribution >= 4 is 0 Å². The van der Waals surface area contributed by atoms with E-state index in [0.717, 1.165) is 37.4 Å². The fourth-order valence-corrected chi connectivity index (χ4v) is 3.50. The number of aliphatic hydroxyl groups is 1. The molecule has 1 aliphatic carbocycles. The summed E-state index contributed by atoms with van der Waals surface area (Å²) in [7, 11) is 0. The van der Waals surface area contributed by atoms with Crippen LogP contribution in [0.3, 0.4) is 0 Å². The van der Waals surface area contributed by atoms with E-state index in [4.69, 9.17) is 5.11 Å². The highest BCUT2D eigenvalue weighted by molar-refractivity contribution is 4.91. The molecule has 2 aliphatic rings. The Balaban J connectivity index is 1.75. The van der Waals surface area contributed by atoms with Gasteiger partial charge in [0.2, 0.25) is 0 Å². The zero-order chi connectivity index (χ0) is 11.9. The molecular weight excluding hydrogens is 212 g/mol. The molecule has 2 rings (SSSR count). The summed E-state index contributed by atoms with van der Waals surface area (Å²) in [6.07, 6.45) is 10.3. The third kappa shape index (κ3) is 3.94. The number of nitrogens with one attached hydrogen (secondary N) is 2. The van der Waals surface area contributed by atoms with E-state index in [1.807, 2.05) is 0 Å². The highest BCUT2D eigenvalue weighted by Crippen LogP contribution is 2.30. The van der Waals surface area contributed by atoms with E-state index in [9.17, 15) is 0 Å². The highest BCUT2D eigenvalue weighted by Gasteiger charge is 2.32. The Bertz CT molecular complexity index is 204. The van der Waals surface area contributed by atoms with E-state index < -0.39 is 0 Å². The van der Waals surface area contributed by atoms with Gasteiger partial charge in [-0.15, -0.1) is 0 Å². The first-order valence-electron chi connectivity index (χ1n) is 7.49. The van der Waals surface area contributed by atoms with Crippen molar-refractivity contribution in [3.63, 3.8) is 0 Å². The molecule has 3 nitrogen and oxygen atoms in total. The van der Waals surface area contributed by atoms with Gasteiger partial charge in [0.25, 0.3) is 0 Å². The third-order valence-corrected chi connectivity index (χ3v) is 4.43. The Kier molecular flexibility index (Phi) is 5.75. The van der Waals surface area contributed by atoms with E-state index in [0.29, 0.717) is 6.61 Å². The zero-order valence-corrected chi connectivity index (χ0v) is 11.0. The van der Waals surface area contributed by atoms with Crippen LogP contribution in [0.15, 0.2) is 0 Å². The smallest absolute Gasteiger partial charge is 0.0431 e. The minimum atomic E-state index is 0.333. The summed E-state index contributed by atoms with van der Waals surface area (Å²) in [5.74, 6) is 0.848. The van der Waals surface area contributed by atoms with Gasteiger partial charge in [0.15, 0.2) is 0 Å². The molecule has 0 amide bonds. The molecule has 100 valence electrons. The molecule has 0 aromatic carbocycles. The maximum Gasteiger partial charge on any atom is 0.0431 e. The normalized spacial score (nSPS) is 34.1. The van der Waals surface area contributed by atoms with Gasteiger partial charge >= 0.3 is 0 Å². The molecule has 3 N–H and O–H groups in total. The molecule has 0 radical (unpaired) electrons. The Labute approximate surface area is 105 Å². The van der Waals surface area contributed by atoms with Crippen molar-refractivity contribution in [1.82, 2.24) is 10.6 Å². The number of rotatable bonds is 6. The number of hydrogen-bond donors (Lipinski definition) is 3. The number of hydrogen-bond acceptors (Lipinski definition) is 3. The quantitative estimate of drug-likeness (QED) is 0.619. The fraction of sp³-hybridized carbons (Fsp3) is 1.00. The molecule has 0 bridgehead atoms. The second kappa shape index (κ2) is 7.34. The Morgan fingerprint density at radius 3 is 2.71 bits per heavy atom. The van der Waals surface area contributed by atoms with Gasteiger partial charge in [-0.25, -0.2) is 0 Å². The largest absolute Gasteiger partial charge is 0.396 e. The molecule has 3 heteroatoms. The first-order chi connectivity index (χ1) is 8.42. The van der Waals surface area contributed by atoms with Gasteiger partial charge in [-0.2, -0.15) is 0 Å². The topological polar surface area (TPSA) is 44.3 Å². The lowest BCUT2D eigenvalue weighted by molar-refractivity contribution is 0.212. The van der Waals surface area contributed by atoms with Crippen molar-refractivity contribution < 1.29 is 5.11 Å². The van der Waals surface area contributed by atoms with Crippen molar-refractivity contribution in [3.05, 3.63) is 0 Å². The molecule has 0 aromatic heterocycles. The van der Waals surface area contributed by atoms with Crippen LogP contribution in [0.1, 0.15) is 51.4 Å². The first kappa shape index (κ1) is 13.3. The minimum absolute atomic E-state index is 0.333. The highest BCUT2D eigenvalue weighted by atomic mass is 16.2. The second-order valence-corrected chi connectivity index (χ2v) is 5.64. The molecule has 1 heterocycles. The van der Waals surface area contributed by atoms with E-state index in [1.54, 1.807) is 0 Å². The number of aliphatic hydroxyl groups excluding tert-OH is 1. The molecule has 1 saturated carbocycles. The van der Waals surface area contributed by atoms with E-state index in [2.05, 4.69) is 10.6 Å². The average molecular weight is 240 g/mol. The van der Waals surface area contributed by atoms with Gasteiger partial charge in [-0.3, -0.25) is 0 Å². The summed E-state index contributed by atoms with van der Waals surface area (Å²) in [5.41, 5.74) is 0. The first-order valence-corrected chi connectivity index (χ1v) is 7.49. The van der Waals surface area contributed by atoms with Gasteiger partial charge in [-0.05, 0) is 57.5 Å². The summed E-state index contributed by atoms with van der Waals surface area (Å²) in [6, 6.07) is 1.49. The van der Waals surface area contributed by atoms with Crippen LogP contribution < -0.4 is 10.6 Å². The van der Waals surface area contributed by atoms with Gasteiger partial charge in [0.1, 0.15) is 0 Å². The maximum atomic E-state index is 8.79. The monoisotopic (exact) mass is 240 g/mol. The van der Waals surface area contributed by atoms with Crippen LogP contribution in [0.25, 0.3) is 0 Å². The Morgan fingerprint density at radius 1 is 1.06 bits per heavy atom. The van der Waals surface area contributed by atoms with Gasteiger partial charge < -0.3 is 15.7 Å². The molecule has 0 aromatic rings. The SMILES string of the molecule is OCCCCNC1CCCCC1C1CCCN1. The van der Waals surface area contributed by atoms with Crippen LogP contribution in [-0.4, -0.2) is 36.9 Å². The molecule has 17 heavy (non-hydrogen) atoms. The molecule has 3 unspecified atom stereocenters. The fourth-order valence-electron chi connectivity index (χ4n) is 3.50. The Morgan fingerprint density at radius 2 is 1.94 bits per heavy atom. The molecule has 3 atom stereocenters. The summed E-state index contributed by atoms with van der Waals surface area (Å²) in [4.78, 5) is 0. The van der Waals surface area contributed by atoms with Crippen LogP contribution in [0.4, 0.5) is 0 Å². The van der Waals surface area contributed by atoms with Gasteiger partial charge in [0.05, 0.1) is 0 Å². The van der Waals surface area contributed by atoms with Crippen LogP contribution in [0, 0.1) is 5.92 Å². The van der Waals surface area contributed by atoms with Crippen LogP contribution >= 0.6 is 0 Å². The lowest BCUT2D eigenvalue weighted by atomic mass is 9.79. The summed E-state index contributed by atoms with van der Waals surface area (Å²) < 4.78 is 0. The summed E-state index contributed by atoms with van der Waals surface area (Å²) in [6.45, 7) is 2.63. The average Bonchev–Trinajstić information content (AvgIpc) is 2.89. The number of unbranched alkanes of at least 4 members (excludes halogenated alkanes) is 1. The van der Waals surface area contributed by atoms with Gasteiger partial charge in [-0.1, -0.05) is 12.8 Å². The van der Waals surface area contributed by atoms with Crippen LogP contribution in [-0.2, 0) is 0 Å². The van der Waals surface area contributed by atoms with Crippen LogP contribution in [0.2, 0.25) is 0 Å². The van der Waals surface area contributed by atoms with E-state index in [1.165, 1.54) is 45.1 Å². The zero-order valence-electron chi connectivity index (χ0n) is 11.0. The molecule has 1 aliphatic heterocycles. The molecule has 0 spiro atoms. The predicted octanol–water partition coefficient (Wildman–Crippen LogP) is 1.66. The van der Waals surface area contributed by atoms with E-state index in [-0.39, 0.29) is 0 Å². The summed E-state index contributed by atoms with van der Waals surface area (Å²) >= 11 is 0. The van der Waals surface area contributed by atoms with Gasteiger partial charge in [0, 0.05) is 18.7 Å². The predicted molar refractivity (Wildman–Crippen MR) is 71.1 cm³/mol.